The fraction of sp³-hybridized carbons (Fsp3) is 0.333. The van der Waals surface area contributed by atoms with Gasteiger partial charge in [0, 0.05) is 20.6 Å². The summed E-state index contributed by atoms with van der Waals surface area (Å²) in [5.41, 5.74) is 0.879. The summed E-state index contributed by atoms with van der Waals surface area (Å²) in [5.74, 6) is 1.10. The Balaban J connectivity index is 1.79. The number of rotatable bonds is 8. The predicted octanol–water partition coefficient (Wildman–Crippen LogP) is 2.20. The fourth-order valence-corrected chi connectivity index (χ4v) is 2.33. The Hall–Kier alpha value is -3.10. The highest BCUT2D eigenvalue weighted by atomic mass is 19.3. The summed E-state index contributed by atoms with van der Waals surface area (Å²) >= 11 is 0. The summed E-state index contributed by atoms with van der Waals surface area (Å²) in [7, 11) is 3.42. The molecule has 0 fully saturated rings. The van der Waals surface area contributed by atoms with Crippen LogP contribution in [-0.2, 0) is 17.9 Å². The van der Waals surface area contributed by atoms with Crippen molar-refractivity contribution < 1.29 is 22.7 Å². The van der Waals surface area contributed by atoms with Gasteiger partial charge in [-0.3, -0.25) is 9.79 Å². The summed E-state index contributed by atoms with van der Waals surface area (Å²) in [6.45, 7) is -2.00. The van der Waals surface area contributed by atoms with Crippen LogP contribution in [0.5, 0.6) is 5.75 Å². The van der Waals surface area contributed by atoms with Crippen molar-refractivity contribution >= 4 is 11.9 Å². The molecule has 0 radical (unpaired) electrons. The van der Waals surface area contributed by atoms with Crippen LogP contribution in [0.4, 0.5) is 8.78 Å². The van der Waals surface area contributed by atoms with E-state index in [0.29, 0.717) is 24.8 Å². The van der Waals surface area contributed by atoms with E-state index < -0.39 is 6.61 Å². The number of hydrogen-bond donors (Lipinski definition) is 2. The number of hydrogen-bond acceptors (Lipinski definition) is 4. The molecule has 0 saturated carbocycles. The van der Waals surface area contributed by atoms with Crippen molar-refractivity contribution in [2.24, 2.45) is 4.99 Å². The van der Waals surface area contributed by atoms with Crippen LogP contribution in [0.15, 0.2) is 52.1 Å². The Labute approximate surface area is 156 Å². The summed E-state index contributed by atoms with van der Waals surface area (Å²) in [5, 5.41) is 5.70. The summed E-state index contributed by atoms with van der Waals surface area (Å²) < 4.78 is 33.8. The lowest BCUT2D eigenvalue weighted by Crippen LogP contribution is -2.43. The first-order valence-corrected chi connectivity index (χ1v) is 8.22. The molecule has 0 aliphatic rings. The maximum Gasteiger partial charge on any atom is 0.387 e. The summed E-state index contributed by atoms with van der Waals surface area (Å²) in [6.07, 6.45) is 1.54. The number of carbonyl (C=O) groups excluding carboxylic acids is 1. The van der Waals surface area contributed by atoms with Crippen molar-refractivity contribution in [2.45, 2.75) is 19.7 Å². The Morgan fingerprint density at radius 2 is 2.00 bits per heavy atom. The highest BCUT2D eigenvalue weighted by Crippen LogP contribution is 2.15. The minimum atomic E-state index is -2.85. The molecule has 7 nitrogen and oxygen atoms in total. The molecule has 1 heterocycles. The molecule has 0 atom stereocenters. The molecule has 0 aliphatic carbocycles. The predicted molar refractivity (Wildman–Crippen MR) is 96.5 cm³/mol. The van der Waals surface area contributed by atoms with Gasteiger partial charge in [0.25, 0.3) is 0 Å². The molecule has 146 valence electrons. The number of furan rings is 1. The second kappa shape index (κ2) is 10.1. The molecule has 0 spiro atoms. The van der Waals surface area contributed by atoms with E-state index in [-0.39, 0.29) is 18.2 Å². The van der Waals surface area contributed by atoms with Crippen molar-refractivity contribution in [3.8, 4) is 5.75 Å². The number of alkyl halides is 2. The smallest absolute Gasteiger partial charge is 0.387 e. The zero-order valence-electron chi connectivity index (χ0n) is 15.1. The van der Waals surface area contributed by atoms with Gasteiger partial charge in [-0.1, -0.05) is 12.1 Å². The molecule has 0 unspecified atom stereocenters. The van der Waals surface area contributed by atoms with E-state index >= 15 is 0 Å². The van der Waals surface area contributed by atoms with Crippen molar-refractivity contribution in [1.82, 2.24) is 15.5 Å². The van der Waals surface area contributed by atoms with E-state index in [4.69, 9.17) is 4.42 Å². The summed E-state index contributed by atoms with van der Waals surface area (Å²) in [4.78, 5) is 17.8. The van der Waals surface area contributed by atoms with Crippen LogP contribution in [0.1, 0.15) is 11.3 Å². The van der Waals surface area contributed by atoms with Crippen LogP contribution in [0, 0.1) is 0 Å². The van der Waals surface area contributed by atoms with E-state index in [1.165, 1.54) is 12.1 Å². The average molecular weight is 380 g/mol. The first kappa shape index (κ1) is 20.2. The van der Waals surface area contributed by atoms with E-state index in [2.05, 4.69) is 20.4 Å². The molecule has 1 aromatic carbocycles. The summed E-state index contributed by atoms with van der Waals surface area (Å²) in [6, 6.07) is 9.87. The van der Waals surface area contributed by atoms with Crippen LogP contribution in [-0.4, -0.2) is 44.0 Å². The molecule has 0 aliphatic heterocycles. The maximum absolute atomic E-state index is 12.2. The lowest BCUT2D eigenvalue weighted by atomic mass is 10.2. The highest BCUT2D eigenvalue weighted by molar-refractivity contribution is 5.86. The van der Waals surface area contributed by atoms with Crippen molar-refractivity contribution in [3.05, 3.63) is 54.0 Å². The maximum atomic E-state index is 12.2. The zero-order chi connectivity index (χ0) is 19.6. The molecule has 0 saturated heterocycles. The van der Waals surface area contributed by atoms with Gasteiger partial charge in [-0.2, -0.15) is 8.78 Å². The minimum absolute atomic E-state index is 0.0545. The number of nitrogens with zero attached hydrogens (tertiary/aromatic N) is 2. The molecular formula is C18H22F2N4O3. The molecule has 1 aromatic heterocycles. The van der Waals surface area contributed by atoms with Crippen molar-refractivity contribution in [3.63, 3.8) is 0 Å². The molecular weight excluding hydrogens is 358 g/mol. The van der Waals surface area contributed by atoms with E-state index in [9.17, 15) is 13.6 Å². The van der Waals surface area contributed by atoms with Crippen LogP contribution in [0.2, 0.25) is 0 Å². The van der Waals surface area contributed by atoms with Crippen LogP contribution < -0.4 is 15.4 Å². The second-order valence-electron chi connectivity index (χ2n) is 5.64. The average Bonchev–Trinajstić information content (AvgIpc) is 3.15. The number of amides is 1. The van der Waals surface area contributed by atoms with Crippen LogP contribution >= 0.6 is 0 Å². The van der Waals surface area contributed by atoms with Gasteiger partial charge < -0.3 is 24.7 Å². The number of carbonyl (C=O) groups is 1. The second-order valence-corrected chi connectivity index (χ2v) is 5.64. The molecule has 2 N–H and O–H groups in total. The van der Waals surface area contributed by atoms with Crippen LogP contribution in [0.25, 0.3) is 0 Å². The Bertz CT molecular complexity index is 734. The lowest BCUT2D eigenvalue weighted by molar-refractivity contribution is -0.120. The Morgan fingerprint density at radius 3 is 2.59 bits per heavy atom. The van der Waals surface area contributed by atoms with Gasteiger partial charge in [-0.05, 0) is 29.8 Å². The topological polar surface area (TPSA) is 79.1 Å². The third kappa shape index (κ3) is 6.96. The first-order chi connectivity index (χ1) is 13.0. The fourth-order valence-electron chi connectivity index (χ4n) is 2.33. The zero-order valence-corrected chi connectivity index (χ0v) is 15.1. The van der Waals surface area contributed by atoms with Gasteiger partial charge in [0.1, 0.15) is 11.5 Å². The first-order valence-electron chi connectivity index (χ1n) is 8.22. The monoisotopic (exact) mass is 380 g/mol. The molecule has 1 amide bonds. The van der Waals surface area contributed by atoms with Gasteiger partial charge in [0.2, 0.25) is 5.91 Å². The normalized spacial score (nSPS) is 11.4. The lowest BCUT2D eigenvalue weighted by Gasteiger charge is -2.22. The number of guanidine groups is 1. The number of halogens is 2. The number of aliphatic imine (C=N–C) groups is 1. The third-order valence-corrected chi connectivity index (χ3v) is 3.59. The quantitative estimate of drug-likeness (QED) is 0.542. The van der Waals surface area contributed by atoms with Crippen molar-refractivity contribution in [1.29, 1.82) is 0 Å². The van der Waals surface area contributed by atoms with Crippen molar-refractivity contribution in [2.75, 3.05) is 20.6 Å². The molecule has 0 bridgehead atoms. The molecule has 2 aromatic rings. The van der Waals surface area contributed by atoms with Gasteiger partial charge in [0.15, 0.2) is 5.96 Å². The SMILES string of the molecule is CN=C(NCC(=O)NCc1ccco1)N(C)Cc1ccc(OC(F)F)cc1. The minimum Gasteiger partial charge on any atom is -0.467 e. The van der Waals surface area contributed by atoms with E-state index in [1.54, 1.807) is 44.6 Å². The Kier molecular flexibility index (Phi) is 7.60. The third-order valence-electron chi connectivity index (χ3n) is 3.59. The molecule has 2 rings (SSSR count). The largest absolute Gasteiger partial charge is 0.467 e. The van der Waals surface area contributed by atoms with Gasteiger partial charge in [-0.15, -0.1) is 0 Å². The van der Waals surface area contributed by atoms with Crippen LogP contribution in [0.3, 0.4) is 0 Å². The van der Waals surface area contributed by atoms with Gasteiger partial charge in [-0.25, -0.2) is 0 Å². The number of ether oxygens (including phenoxy) is 1. The number of nitrogens with one attached hydrogen (secondary N) is 2. The van der Waals surface area contributed by atoms with E-state index in [1.807, 2.05) is 4.90 Å². The molecule has 27 heavy (non-hydrogen) atoms. The van der Waals surface area contributed by atoms with Gasteiger partial charge in [0.05, 0.1) is 19.4 Å². The van der Waals surface area contributed by atoms with E-state index in [0.717, 1.165) is 5.56 Å². The molecule has 9 heteroatoms. The highest BCUT2D eigenvalue weighted by Gasteiger charge is 2.10. The standard InChI is InChI=1S/C18H22F2N4O3/c1-21-18(23-11-16(25)22-10-15-4-3-9-26-15)24(2)12-13-5-7-14(8-6-13)27-17(19)20/h3-9,17H,10-12H2,1-2H3,(H,21,23)(H,22,25). The Morgan fingerprint density at radius 1 is 1.26 bits per heavy atom. The number of benzene rings is 1. The van der Waals surface area contributed by atoms with Gasteiger partial charge >= 0.3 is 6.61 Å².